The third-order valence-corrected chi connectivity index (χ3v) is 11.5. The third kappa shape index (κ3) is 6.81. The minimum absolute atomic E-state index is 0.0451. The van der Waals surface area contributed by atoms with Gasteiger partial charge in [0, 0.05) is 49.2 Å². The standard InChI is InChI=1S/C39H43BrN6O4/c1-23-11-12-35(40)43-31(23)17-33(49)32-18-39-14-13-29(48)10-8-6-4-5-7-9-26-15-27(28-20-41-25(3)42-21-28)16-30-37(24(2)47)44-45(38(26)30)22-36(50)46(32)34(39)19-39/h11-12,15-16,20-21,32,34H,4-10,13-14,17-19,22H2,1-3H3/t32-,34+,39-/m0/s1. The van der Waals surface area contributed by atoms with Gasteiger partial charge in [0.15, 0.2) is 11.6 Å². The van der Waals surface area contributed by atoms with Crippen molar-refractivity contribution in [3.8, 4) is 11.1 Å². The molecule has 50 heavy (non-hydrogen) atoms. The minimum Gasteiger partial charge on any atom is -0.327 e. The molecule has 3 aliphatic rings. The van der Waals surface area contributed by atoms with Gasteiger partial charge in [0.25, 0.3) is 0 Å². The second-order valence-electron chi connectivity index (χ2n) is 14.6. The molecule has 1 aliphatic carbocycles. The molecule has 5 heterocycles. The van der Waals surface area contributed by atoms with Gasteiger partial charge in [-0.3, -0.25) is 23.9 Å². The van der Waals surface area contributed by atoms with Gasteiger partial charge in [0.05, 0.1) is 23.7 Å². The molecule has 1 saturated carbocycles. The lowest BCUT2D eigenvalue weighted by Gasteiger charge is -2.27. The molecule has 260 valence electrons. The topological polar surface area (TPSA) is 128 Å². The van der Waals surface area contributed by atoms with E-state index in [1.807, 2.05) is 32.0 Å². The second-order valence-corrected chi connectivity index (χ2v) is 15.4. The van der Waals surface area contributed by atoms with Crippen molar-refractivity contribution >= 4 is 50.1 Å². The van der Waals surface area contributed by atoms with Crippen molar-refractivity contribution in [2.24, 2.45) is 5.41 Å². The van der Waals surface area contributed by atoms with Crippen LogP contribution in [0.25, 0.3) is 22.0 Å². The summed E-state index contributed by atoms with van der Waals surface area (Å²) in [6.07, 6.45) is 12.4. The number of carbonyl (C=O) groups excluding carboxylic acids is 4. The van der Waals surface area contributed by atoms with Gasteiger partial charge in [0.2, 0.25) is 5.91 Å². The number of pyridine rings is 1. The molecule has 0 N–H and O–H groups in total. The Hall–Kier alpha value is -4.12. The van der Waals surface area contributed by atoms with E-state index in [0.717, 1.165) is 72.7 Å². The Kier molecular flexibility index (Phi) is 9.54. The number of hydrogen-bond acceptors (Lipinski definition) is 8. The van der Waals surface area contributed by atoms with Crippen LogP contribution in [0.4, 0.5) is 0 Å². The fourth-order valence-electron chi connectivity index (χ4n) is 8.20. The Labute approximate surface area is 300 Å². The molecule has 0 unspecified atom stereocenters. The predicted molar refractivity (Wildman–Crippen MR) is 193 cm³/mol. The Balaban J connectivity index is 1.28. The fourth-order valence-corrected chi connectivity index (χ4v) is 8.55. The smallest absolute Gasteiger partial charge is 0.245 e. The minimum atomic E-state index is -0.611. The van der Waals surface area contributed by atoms with Crippen LogP contribution in [-0.2, 0) is 33.8 Å². The molecule has 4 aromatic rings. The van der Waals surface area contributed by atoms with E-state index in [-0.39, 0.29) is 47.7 Å². The first-order valence-corrected chi connectivity index (χ1v) is 18.6. The SMILES string of the molecule is CC(=O)c1nn2c3c(cc(-c4cnc(C)nc4)cc13)CCCCCCCC(=O)CC[C@@]13C[C@@H](C(=O)Cc4nc(Br)ccc4C)N(C(=O)C2)[C@@H]1C3. The van der Waals surface area contributed by atoms with Crippen molar-refractivity contribution in [1.82, 2.24) is 29.6 Å². The molecule has 1 amide bonds. The molecule has 3 aromatic heterocycles. The van der Waals surface area contributed by atoms with Gasteiger partial charge in [-0.25, -0.2) is 15.0 Å². The van der Waals surface area contributed by atoms with Gasteiger partial charge < -0.3 is 4.90 Å². The zero-order valence-electron chi connectivity index (χ0n) is 29.0. The van der Waals surface area contributed by atoms with E-state index in [2.05, 4.69) is 36.9 Å². The molecule has 11 heteroatoms. The van der Waals surface area contributed by atoms with Crippen LogP contribution in [0.5, 0.6) is 0 Å². The molecule has 0 spiro atoms. The van der Waals surface area contributed by atoms with Crippen molar-refractivity contribution in [3.05, 3.63) is 69.6 Å². The molecular formula is C39H43BrN6O4. The number of aryl methyl sites for hydroxylation is 3. The zero-order chi connectivity index (χ0) is 35.2. The first kappa shape index (κ1) is 34.3. The number of rotatable bonds is 5. The maximum absolute atomic E-state index is 14.5. The van der Waals surface area contributed by atoms with Crippen molar-refractivity contribution in [2.45, 2.75) is 116 Å². The summed E-state index contributed by atoms with van der Waals surface area (Å²) in [7, 11) is 0. The third-order valence-electron chi connectivity index (χ3n) is 11.0. The molecule has 7 rings (SSSR count). The lowest BCUT2D eigenvalue weighted by Crippen LogP contribution is -2.45. The summed E-state index contributed by atoms with van der Waals surface area (Å²) in [5, 5.41) is 5.49. The number of Topliss-reactive ketones (excluding diaryl/α,β-unsaturated/α-hetero) is 3. The number of ketones is 3. The van der Waals surface area contributed by atoms with Crippen LogP contribution in [0.3, 0.4) is 0 Å². The molecular weight excluding hydrogens is 696 g/mol. The Morgan fingerprint density at radius 1 is 0.940 bits per heavy atom. The first-order chi connectivity index (χ1) is 24.0. The van der Waals surface area contributed by atoms with Crippen molar-refractivity contribution < 1.29 is 19.2 Å². The molecule has 3 atom stereocenters. The Bertz CT molecular complexity index is 2010. The first-order valence-electron chi connectivity index (χ1n) is 17.8. The molecule has 1 saturated heterocycles. The van der Waals surface area contributed by atoms with Crippen LogP contribution in [0, 0.1) is 19.3 Å². The maximum Gasteiger partial charge on any atom is 0.245 e. The van der Waals surface area contributed by atoms with Gasteiger partial charge in [-0.2, -0.15) is 5.10 Å². The number of benzene rings is 1. The summed E-state index contributed by atoms with van der Waals surface area (Å²) in [5.41, 5.74) is 5.22. The molecule has 2 aliphatic heterocycles. The number of hydrogen-bond donors (Lipinski definition) is 0. The van der Waals surface area contributed by atoms with E-state index in [1.54, 1.807) is 22.0 Å². The average Bonchev–Trinajstić information content (AvgIpc) is 3.50. The van der Waals surface area contributed by atoms with Crippen molar-refractivity contribution in [2.75, 3.05) is 0 Å². The van der Waals surface area contributed by atoms with Gasteiger partial charge in [-0.05, 0) is 109 Å². The second kappa shape index (κ2) is 13.9. The van der Waals surface area contributed by atoms with Crippen LogP contribution in [0.15, 0.2) is 41.3 Å². The molecule has 0 radical (unpaired) electrons. The van der Waals surface area contributed by atoms with Gasteiger partial charge in [-0.15, -0.1) is 0 Å². The summed E-state index contributed by atoms with van der Waals surface area (Å²) < 4.78 is 2.35. The summed E-state index contributed by atoms with van der Waals surface area (Å²) in [6, 6.07) is 7.15. The van der Waals surface area contributed by atoms with E-state index in [9.17, 15) is 19.2 Å². The highest BCUT2D eigenvalue weighted by Gasteiger charge is 2.66. The summed E-state index contributed by atoms with van der Waals surface area (Å²) in [5.74, 6) is 0.523. The monoisotopic (exact) mass is 738 g/mol. The quantitative estimate of drug-likeness (QED) is 0.160. The van der Waals surface area contributed by atoms with E-state index in [4.69, 9.17) is 5.10 Å². The average molecular weight is 740 g/mol. The number of halogens is 1. The van der Waals surface area contributed by atoms with E-state index < -0.39 is 6.04 Å². The summed E-state index contributed by atoms with van der Waals surface area (Å²) in [4.78, 5) is 69.8. The lowest BCUT2D eigenvalue weighted by molar-refractivity contribution is -0.139. The zero-order valence-corrected chi connectivity index (χ0v) is 30.6. The van der Waals surface area contributed by atoms with Gasteiger partial charge in [-0.1, -0.05) is 25.3 Å². The van der Waals surface area contributed by atoms with Crippen LogP contribution < -0.4 is 0 Å². The normalized spacial score (nSPS) is 23.0. The van der Waals surface area contributed by atoms with Crippen LogP contribution in [0.1, 0.15) is 104 Å². The molecule has 2 bridgehead atoms. The number of nitrogens with zero attached hydrogens (tertiary/aromatic N) is 6. The van der Waals surface area contributed by atoms with E-state index in [0.29, 0.717) is 52.9 Å². The van der Waals surface area contributed by atoms with Crippen LogP contribution in [0.2, 0.25) is 0 Å². The number of carbonyl (C=O) groups is 4. The van der Waals surface area contributed by atoms with E-state index in [1.165, 1.54) is 6.92 Å². The van der Waals surface area contributed by atoms with Crippen LogP contribution >= 0.6 is 15.9 Å². The highest BCUT2D eigenvalue weighted by Crippen LogP contribution is 2.62. The number of aromatic nitrogens is 5. The van der Waals surface area contributed by atoms with Crippen molar-refractivity contribution in [1.29, 1.82) is 0 Å². The highest BCUT2D eigenvalue weighted by atomic mass is 79.9. The number of piperidine rings is 1. The maximum atomic E-state index is 14.5. The Morgan fingerprint density at radius 2 is 1.68 bits per heavy atom. The predicted octanol–water partition coefficient (Wildman–Crippen LogP) is 6.89. The summed E-state index contributed by atoms with van der Waals surface area (Å²) in [6.45, 7) is 5.19. The largest absolute Gasteiger partial charge is 0.327 e. The molecule has 2 fully saturated rings. The van der Waals surface area contributed by atoms with Gasteiger partial charge >= 0.3 is 0 Å². The van der Waals surface area contributed by atoms with E-state index >= 15 is 0 Å². The number of amides is 1. The molecule has 10 nitrogen and oxygen atoms in total. The fraction of sp³-hybridized carbons (Fsp3) is 0.487. The van der Waals surface area contributed by atoms with Crippen LogP contribution in [-0.4, -0.2) is 65.0 Å². The summed E-state index contributed by atoms with van der Waals surface area (Å²) >= 11 is 3.43. The van der Waals surface area contributed by atoms with Crippen molar-refractivity contribution in [3.63, 3.8) is 0 Å². The lowest BCUT2D eigenvalue weighted by atomic mass is 9.90. The van der Waals surface area contributed by atoms with Gasteiger partial charge in [0.1, 0.15) is 28.4 Å². The Morgan fingerprint density at radius 3 is 2.44 bits per heavy atom. The highest BCUT2D eigenvalue weighted by molar-refractivity contribution is 9.10. The molecule has 1 aromatic carbocycles.